The number of ketones is 1. The van der Waals surface area contributed by atoms with E-state index in [1.807, 2.05) is 6.92 Å². The number of nitrogens with zero attached hydrogens (tertiary/aromatic N) is 4. The van der Waals surface area contributed by atoms with E-state index in [0.29, 0.717) is 62.6 Å². The number of carbonyl (C=O) groups excluding carboxylic acids is 1. The number of hydrogen-bond acceptors (Lipinski definition) is 8. The van der Waals surface area contributed by atoms with Gasteiger partial charge in [-0.25, -0.2) is 23.1 Å². The molecule has 3 heterocycles. The number of halogens is 3. The maximum atomic E-state index is 15.5. The fourth-order valence-corrected chi connectivity index (χ4v) is 5.76. The van der Waals surface area contributed by atoms with Crippen molar-refractivity contribution in [2.75, 3.05) is 32.8 Å². The predicted molar refractivity (Wildman–Crippen MR) is 130 cm³/mol. The van der Waals surface area contributed by atoms with E-state index in [0.717, 1.165) is 35.8 Å². The number of aryl methyl sites for hydroxylation is 1. The van der Waals surface area contributed by atoms with Gasteiger partial charge in [0.05, 0.1) is 23.8 Å². The minimum atomic E-state index is -2.51. The van der Waals surface area contributed by atoms with Crippen molar-refractivity contribution in [2.24, 2.45) is 5.92 Å². The molecule has 2 aromatic heterocycles. The molecule has 1 aliphatic carbocycles. The van der Waals surface area contributed by atoms with E-state index in [9.17, 15) is 13.6 Å². The van der Waals surface area contributed by atoms with Gasteiger partial charge < -0.3 is 14.4 Å². The molecule has 0 bridgehead atoms. The molecular weight excluding hydrogens is 493 g/mol. The molecule has 2 aromatic rings. The Balaban J connectivity index is 1.14. The van der Waals surface area contributed by atoms with E-state index < -0.39 is 18.7 Å². The van der Waals surface area contributed by atoms with Crippen LogP contribution in [0.3, 0.4) is 0 Å². The van der Waals surface area contributed by atoms with Crippen LogP contribution in [0.25, 0.3) is 0 Å². The minimum Gasteiger partial charge on any atom is -0.469 e. The molecule has 0 radical (unpaired) electrons. The molecular formula is C25H33F3N4O3S. The van der Waals surface area contributed by atoms with Crippen LogP contribution in [0, 0.1) is 12.8 Å². The van der Waals surface area contributed by atoms with Crippen molar-refractivity contribution in [3.05, 3.63) is 28.7 Å². The monoisotopic (exact) mass is 526 g/mol. The van der Waals surface area contributed by atoms with Crippen LogP contribution in [0.5, 0.6) is 11.1 Å². The quantitative estimate of drug-likeness (QED) is 0.423. The lowest BCUT2D eigenvalue weighted by molar-refractivity contribution is -0.122. The highest BCUT2D eigenvalue weighted by Gasteiger charge is 2.36. The van der Waals surface area contributed by atoms with Gasteiger partial charge in [-0.15, -0.1) is 0 Å². The van der Waals surface area contributed by atoms with Gasteiger partial charge in [-0.05, 0) is 51.4 Å². The van der Waals surface area contributed by atoms with Gasteiger partial charge in [-0.3, -0.25) is 9.78 Å². The first-order valence-corrected chi connectivity index (χ1v) is 13.3. The summed E-state index contributed by atoms with van der Waals surface area (Å²) in [6.45, 7) is 3.39. The average Bonchev–Trinajstić information content (AvgIpc) is 3.15. The average molecular weight is 527 g/mol. The molecule has 1 fully saturated rings. The highest BCUT2D eigenvalue weighted by molar-refractivity contribution is 7.13. The fraction of sp³-hybridized carbons (Fsp3) is 0.680. The number of thiazole rings is 1. The van der Waals surface area contributed by atoms with E-state index in [1.165, 1.54) is 17.5 Å². The molecule has 0 spiro atoms. The number of alkyl halides is 3. The molecule has 36 heavy (non-hydrogen) atoms. The fourth-order valence-electron chi connectivity index (χ4n) is 4.80. The maximum Gasteiger partial charge on any atom is 0.273 e. The zero-order chi connectivity index (χ0) is 25.5. The molecule has 0 amide bonds. The Morgan fingerprint density at radius 2 is 1.97 bits per heavy atom. The first-order valence-electron chi connectivity index (χ1n) is 12.5. The predicted octanol–water partition coefficient (Wildman–Crippen LogP) is 4.61. The van der Waals surface area contributed by atoms with E-state index in [1.54, 1.807) is 6.20 Å². The third-order valence-corrected chi connectivity index (χ3v) is 8.01. The van der Waals surface area contributed by atoms with Gasteiger partial charge in [0.25, 0.3) is 11.6 Å². The van der Waals surface area contributed by atoms with Crippen molar-refractivity contribution in [3.63, 3.8) is 0 Å². The highest BCUT2D eigenvalue weighted by atomic mass is 32.1. The molecule has 1 aliphatic heterocycles. The van der Waals surface area contributed by atoms with Crippen molar-refractivity contribution in [3.8, 4) is 11.1 Å². The number of rotatable bonds is 11. The molecule has 198 valence electrons. The van der Waals surface area contributed by atoms with E-state index in [-0.39, 0.29) is 18.3 Å². The van der Waals surface area contributed by atoms with Crippen molar-refractivity contribution in [2.45, 2.75) is 70.4 Å². The standard InChI is InChI=1S/C25H33F3N4O3S/c1-17-13-30-23(14-29-17)34-15-19(33)12-18-2-6-25(28,7-3-18)8-11-32-9-4-20-21(5-10-32)36-24(31-20)35-16-22(26)27/h13-14,18,22H,2-12,15-16H2,1H3. The summed E-state index contributed by atoms with van der Waals surface area (Å²) in [4.78, 5) is 28.2. The second-order valence-electron chi connectivity index (χ2n) is 9.77. The molecule has 2 aliphatic rings. The summed E-state index contributed by atoms with van der Waals surface area (Å²) < 4.78 is 50.7. The van der Waals surface area contributed by atoms with Gasteiger partial charge in [0.1, 0.15) is 12.3 Å². The number of ether oxygens (including phenoxy) is 2. The lowest BCUT2D eigenvalue weighted by Gasteiger charge is -2.35. The lowest BCUT2D eigenvalue weighted by atomic mass is 9.76. The van der Waals surface area contributed by atoms with E-state index in [4.69, 9.17) is 9.47 Å². The van der Waals surface area contributed by atoms with E-state index >= 15 is 4.39 Å². The molecule has 0 N–H and O–H groups in total. The summed E-state index contributed by atoms with van der Waals surface area (Å²) in [7, 11) is 0. The lowest BCUT2D eigenvalue weighted by Crippen LogP contribution is -2.36. The molecule has 1 saturated carbocycles. The van der Waals surface area contributed by atoms with Crippen LogP contribution in [0.2, 0.25) is 0 Å². The van der Waals surface area contributed by atoms with Crippen LogP contribution in [-0.2, 0) is 17.6 Å². The van der Waals surface area contributed by atoms with Gasteiger partial charge in [0.15, 0.2) is 12.4 Å². The Bertz CT molecular complexity index is 971. The van der Waals surface area contributed by atoms with Crippen LogP contribution in [-0.4, -0.2) is 70.6 Å². The summed E-state index contributed by atoms with van der Waals surface area (Å²) in [5, 5.41) is 0.307. The second-order valence-corrected chi connectivity index (χ2v) is 10.8. The molecule has 11 heteroatoms. The van der Waals surface area contributed by atoms with Crippen molar-refractivity contribution in [1.29, 1.82) is 0 Å². The number of carbonyl (C=O) groups is 1. The second kappa shape index (κ2) is 12.3. The van der Waals surface area contributed by atoms with Crippen LogP contribution < -0.4 is 9.47 Å². The molecule has 4 rings (SSSR count). The minimum absolute atomic E-state index is 0.00198. The first-order chi connectivity index (χ1) is 17.3. The van der Waals surface area contributed by atoms with E-state index in [2.05, 4.69) is 19.9 Å². The van der Waals surface area contributed by atoms with Gasteiger partial charge in [-0.2, -0.15) is 0 Å². The van der Waals surface area contributed by atoms with Crippen molar-refractivity contribution >= 4 is 17.1 Å². The maximum absolute atomic E-state index is 15.5. The van der Waals surface area contributed by atoms with Crippen molar-refractivity contribution in [1.82, 2.24) is 19.9 Å². The Morgan fingerprint density at radius 1 is 1.19 bits per heavy atom. The Hall–Kier alpha value is -2.27. The zero-order valence-electron chi connectivity index (χ0n) is 20.6. The van der Waals surface area contributed by atoms with Crippen LogP contribution in [0.1, 0.15) is 54.8 Å². The smallest absolute Gasteiger partial charge is 0.273 e. The van der Waals surface area contributed by atoms with Gasteiger partial charge in [0, 0.05) is 37.4 Å². The van der Waals surface area contributed by atoms with Crippen molar-refractivity contribution < 1.29 is 27.4 Å². The van der Waals surface area contributed by atoms with Gasteiger partial charge in [0.2, 0.25) is 5.88 Å². The van der Waals surface area contributed by atoms with Crippen LogP contribution in [0.15, 0.2) is 12.4 Å². The molecule has 0 atom stereocenters. The van der Waals surface area contributed by atoms with Crippen LogP contribution >= 0.6 is 11.3 Å². The van der Waals surface area contributed by atoms with Gasteiger partial charge >= 0.3 is 0 Å². The molecule has 0 saturated heterocycles. The Morgan fingerprint density at radius 3 is 2.69 bits per heavy atom. The number of aromatic nitrogens is 3. The Kier molecular flexibility index (Phi) is 9.16. The topological polar surface area (TPSA) is 77.4 Å². The number of Topliss-reactive ketones (excluding diaryl/α,β-unsaturated/α-hetero) is 1. The summed E-state index contributed by atoms with van der Waals surface area (Å²) in [6.07, 6.45) is 5.30. The number of hydrogen-bond donors (Lipinski definition) is 0. The molecule has 0 aromatic carbocycles. The summed E-state index contributed by atoms with van der Waals surface area (Å²) in [5.74, 6) is 0.526. The third-order valence-electron chi connectivity index (χ3n) is 6.94. The SMILES string of the molecule is Cc1cnc(OCC(=O)CC2CCC(F)(CCN3CCc4nc(OCC(F)F)sc4CC3)CC2)cn1. The highest BCUT2D eigenvalue weighted by Crippen LogP contribution is 2.39. The number of fused-ring (bicyclic) bond motifs is 1. The molecule has 7 nitrogen and oxygen atoms in total. The summed E-state index contributed by atoms with van der Waals surface area (Å²) >= 11 is 1.34. The normalized spacial score (nSPS) is 22.8. The third kappa shape index (κ3) is 7.86. The summed E-state index contributed by atoms with van der Waals surface area (Å²) in [5.41, 5.74) is 0.494. The molecule has 0 unspecified atom stereocenters. The largest absolute Gasteiger partial charge is 0.469 e. The first kappa shape index (κ1) is 26.8. The zero-order valence-corrected chi connectivity index (χ0v) is 21.4. The Labute approximate surface area is 213 Å². The van der Waals surface area contributed by atoms with Crippen LogP contribution in [0.4, 0.5) is 13.2 Å². The van der Waals surface area contributed by atoms with Gasteiger partial charge in [-0.1, -0.05) is 11.3 Å². The summed E-state index contributed by atoms with van der Waals surface area (Å²) in [6, 6.07) is 0.